The highest BCUT2D eigenvalue weighted by Gasteiger charge is 2.48. The van der Waals surface area contributed by atoms with Crippen LogP contribution in [-0.2, 0) is 5.41 Å². The van der Waals surface area contributed by atoms with E-state index < -0.39 is 0 Å². The number of hydrogen-bond donors (Lipinski definition) is 1. The maximum absolute atomic E-state index is 9.77. The van der Waals surface area contributed by atoms with Crippen LogP contribution in [0.2, 0.25) is 0 Å². The minimum absolute atomic E-state index is 0.00517. The molecule has 1 unspecified atom stereocenters. The van der Waals surface area contributed by atoms with Crippen molar-refractivity contribution in [1.29, 1.82) is 0 Å². The Balaban J connectivity index is 2.35. The first-order valence-electron chi connectivity index (χ1n) is 5.12. The van der Waals surface area contributed by atoms with Crippen LogP contribution < -0.4 is 4.74 Å². The van der Waals surface area contributed by atoms with E-state index in [4.69, 9.17) is 4.74 Å². The Kier molecular flexibility index (Phi) is 2.77. The molecule has 0 aromatic heterocycles. The Labute approximate surface area is 98.4 Å². The minimum Gasteiger partial charge on any atom is -0.496 e. The Morgan fingerprint density at radius 1 is 1.47 bits per heavy atom. The maximum Gasteiger partial charge on any atom is 0.133 e. The van der Waals surface area contributed by atoms with Gasteiger partial charge >= 0.3 is 0 Å². The summed E-state index contributed by atoms with van der Waals surface area (Å²) in [5.41, 5.74) is 1.19. The smallest absolute Gasteiger partial charge is 0.133 e. The van der Waals surface area contributed by atoms with E-state index in [1.54, 1.807) is 7.11 Å². The predicted octanol–water partition coefficient (Wildman–Crippen LogP) is 2.87. The summed E-state index contributed by atoms with van der Waals surface area (Å²) in [5, 5.41) is 9.77. The highest BCUT2D eigenvalue weighted by molar-refractivity contribution is 9.10. The highest BCUT2D eigenvalue weighted by Crippen LogP contribution is 2.51. The molecule has 1 aliphatic rings. The first-order chi connectivity index (χ1) is 7.10. The van der Waals surface area contributed by atoms with Crippen molar-refractivity contribution in [2.24, 2.45) is 0 Å². The van der Waals surface area contributed by atoms with Crippen molar-refractivity contribution < 1.29 is 9.84 Å². The molecule has 0 bridgehead atoms. The van der Waals surface area contributed by atoms with E-state index in [1.807, 2.05) is 19.1 Å². The molecule has 15 heavy (non-hydrogen) atoms. The lowest BCUT2D eigenvalue weighted by Crippen LogP contribution is -2.22. The Morgan fingerprint density at radius 2 is 2.13 bits per heavy atom. The zero-order valence-corrected chi connectivity index (χ0v) is 10.5. The zero-order valence-electron chi connectivity index (χ0n) is 8.96. The molecule has 1 atom stereocenters. The Bertz CT molecular complexity index is 370. The van der Waals surface area contributed by atoms with Gasteiger partial charge in [0.2, 0.25) is 0 Å². The van der Waals surface area contributed by atoms with Crippen LogP contribution in [0.15, 0.2) is 22.7 Å². The molecule has 0 aliphatic heterocycles. The van der Waals surface area contributed by atoms with Gasteiger partial charge in [0.15, 0.2) is 0 Å². The molecular formula is C12H15BrO2. The van der Waals surface area contributed by atoms with Gasteiger partial charge in [-0.25, -0.2) is 0 Å². The van der Waals surface area contributed by atoms with Crippen LogP contribution >= 0.6 is 15.9 Å². The molecule has 0 heterocycles. The molecule has 2 nitrogen and oxygen atoms in total. The van der Waals surface area contributed by atoms with Crippen molar-refractivity contribution >= 4 is 15.9 Å². The molecule has 1 aromatic rings. The number of ether oxygens (including phenoxy) is 1. The van der Waals surface area contributed by atoms with Crippen molar-refractivity contribution in [2.75, 3.05) is 7.11 Å². The summed E-state index contributed by atoms with van der Waals surface area (Å²) < 4.78 is 6.14. The van der Waals surface area contributed by atoms with Crippen molar-refractivity contribution in [3.63, 3.8) is 0 Å². The molecule has 1 saturated carbocycles. The van der Waals surface area contributed by atoms with Crippen molar-refractivity contribution in [2.45, 2.75) is 31.3 Å². The molecule has 82 valence electrons. The summed E-state index contributed by atoms with van der Waals surface area (Å²) in [6, 6.07) is 6.05. The summed E-state index contributed by atoms with van der Waals surface area (Å²) in [4.78, 5) is 0. The number of aliphatic hydroxyl groups excluding tert-OH is 1. The van der Waals surface area contributed by atoms with Gasteiger partial charge in [-0.15, -0.1) is 0 Å². The third-order valence-electron chi connectivity index (χ3n) is 3.32. The number of methoxy groups -OCH3 is 1. The molecule has 1 fully saturated rings. The van der Waals surface area contributed by atoms with Crippen molar-refractivity contribution in [3.05, 3.63) is 28.2 Å². The third-order valence-corrected chi connectivity index (χ3v) is 3.93. The molecule has 3 heteroatoms. The minimum atomic E-state index is -0.280. The monoisotopic (exact) mass is 270 g/mol. The van der Waals surface area contributed by atoms with E-state index in [1.165, 1.54) is 5.56 Å². The zero-order chi connectivity index (χ0) is 11.1. The number of benzene rings is 1. The average Bonchev–Trinajstić information content (AvgIpc) is 2.98. The fourth-order valence-corrected chi connectivity index (χ4v) is 2.60. The molecular weight excluding hydrogens is 256 g/mol. The second-order valence-electron chi connectivity index (χ2n) is 4.18. The first kappa shape index (κ1) is 11.0. The van der Waals surface area contributed by atoms with Crippen LogP contribution in [0.1, 0.15) is 25.3 Å². The van der Waals surface area contributed by atoms with Gasteiger partial charge in [0.25, 0.3) is 0 Å². The molecule has 1 aromatic carbocycles. The summed E-state index contributed by atoms with van der Waals surface area (Å²) in [5.74, 6) is 0.833. The fourth-order valence-electron chi connectivity index (χ4n) is 2.06. The van der Waals surface area contributed by atoms with E-state index in [0.29, 0.717) is 0 Å². The molecule has 0 amide bonds. The highest BCUT2D eigenvalue weighted by atomic mass is 79.9. The lowest BCUT2D eigenvalue weighted by Gasteiger charge is -2.19. The summed E-state index contributed by atoms with van der Waals surface area (Å²) in [6.45, 7) is 1.87. The van der Waals surface area contributed by atoms with Gasteiger partial charge in [-0.2, -0.15) is 0 Å². The predicted molar refractivity (Wildman–Crippen MR) is 63.3 cm³/mol. The van der Waals surface area contributed by atoms with Crippen LogP contribution in [0, 0.1) is 0 Å². The van der Waals surface area contributed by atoms with Crippen LogP contribution in [0.5, 0.6) is 5.75 Å². The number of aliphatic hydroxyl groups is 1. The number of halogens is 1. The van der Waals surface area contributed by atoms with Gasteiger partial charge in [0, 0.05) is 5.41 Å². The van der Waals surface area contributed by atoms with Crippen LogP contribution in [0.25, 0.3) is 0 Å². The van der Waals surface area contributed by atoms with E-state index >= 15 is 0 Å². The van der Waals surface area contributed by atoms with Crippen LogP contribution in [0.4, 0.5) is 0 Å². The lowest BCUT2D eigenvalue weighted by atomic mass is 9.91. The topological polar surface area (TPSA) is 29.5 Å². The van der Waals surface area contributed by atoms with Crippen LogP contribution in [-0.4, -0.2) is 18.3 Å². The largest absolute Gasteiger partial charge is 0.496 e. The standard InChI is InChI=1S/C12H15BrO2/c1-8(14)12(5-6-12)9-3-4-11(15-2)10(13)7-9/h3-4,7-8,14H,5-6H2,1-2H3. The van der Waals surface area contributed by atoms with Crippen LogP contribution in [0.3, 0.4) is 0 Å². The molecule has 1 N–H and O–H groups in total. The molecule has 0 saturated heterocycles. The normalized spacial score (nSPS) is 19.7. The lowest BCUT2D eigenvalue weighted by molar-refractivity contribution is 0.150. The summed E-state index contributed by atoms with van der Waals surface area (Å²) in [6.07, 6.45) is 1.87. The van der Waals surface area contributed by atoms with Gasteiger partial charge in [-0.05, 0) is 53.4 Å². The van der Waals surface area contributed by atoms with Crippen molar-refractivity contribution in [1.82, 2.24) is 0 Å². The van der Waals surface area contributed by atoms with Gasteiger partial charge in [0.05, 0.1) is 17.7 Å². The average molecular weight is 271 g/mol. The summed E-state index contributed by atoms with van der Waals surface area (Å²) in [7, 11) is 1.65. The van der Waals surface area contributed by atoms with E-state index in [9.17, 15) is 5.11 Å². The number of hydrogen-bond acceptors (Lipinski definition) is 2. The van der Waals surface area contributed by atoms with E-state index in [0.717, 1.165) is 23.1 Å². The first-order valence-corrected chi connectivity index (χ1v) is 5.91. The maximum atomic E-state index is 9.77. The SMILES string of the molecule is COc1ccc(C2(C(C)O)CC2)cc1Br. The Hall–Kier alpha value is -0.540. The van der Waals surface area contributed by atoms with E-state index in [-0.39, 0.29) is 11.5 Å². The van der Waals surface area contributed by atoms with Crippen molar-refractivity contribution in [3.8, 4) is 5.75 Å². The molecule has 0 radical (unpaired) electrons. The van der Waals surface area contributed by atoms with Gasteiger partial charge < -0.3 is 9.84 Å². The fraction of sp³-hybridized carbons (Fsp3) is 0.500. The van der Waals surface area contributed by atoms with Gasteiger partial charge in [0.1, 0.15) is 5.75 Å². The molecule has 0 spiro atoms. The Morgan fingerprint density at radius 3 is 2.53 bits per heavy atom. The quantitative estimate of drug-likeness (QED) is 0.916. The van der Waals surface area contributed by atoms with E-state index in [2.05, 4.69) is 22.0 Å². The van der Waals surface area contributed by atoms with Gasteiger partial charge in [-0.1, -0.05) is 6.07 Å². The molecule has 1 aliphatic carbocycles. The third kappa shape index (κ3) is 1.79. The molecule has 2 rings (SSSR count). The number of rotatable bonds is 3. The van der Waals surface area contributed by atoms with Gasteiger partial charge in [-0.3, -0.25) is 0 Å². The summed E-state index contributed by atoms with van der Waals surface area (Å²) >= 11 is 3.47. The second kappa shape index (κ2) is 3.80. The second-order valence-corrected chi connectivity index (χ2v) is 5.04.